The van der Waals surface area contributed by atoms with E-state index in [2.05, 4.69) is 29.4 Å². The van der Waals surface area contributed by atoms with Crippen molar-refractivity contribution in [1.82, 2.24) is 5.32 Å². The van der Waals surface area contributed by atoms with Gasteiger partial charge in [-0.15, -0.1) is 24.0 Å². The molecule has 142 valence electrons. The van der Waals surface area contributed by atoms with E-state index >= 15 is 0 Å². The van der Waals surface area contributed by atoms with Crippen molar-refractivity contribution >= 4 is 29.9 Å². The Labute approximate surface area is 167 Å². The Morgan fingerprint density at radius 3 is 3.00 bits per heavy atom. The molecule has 1 fully saturated rings. The van der Waals surface area contributed by atoms with Crippen LogP contribution in [-0.2, 0) is 16.0 Å². The van der Waals surface area contributed by atoms with Crippen LogP contribution >= 0.6 is 24.0 Å². The number of aryl methyl sites for hydroxylation is 1. The van der Waals surface area contributed by atoms with Gasteiger partial charge < -0.3 is 25.3 Å². The average Bonchev–Trinajstić information content (AvgIpc) is 3.07. The molecule has 2 rings (SSSR count). The molecule has 1 unspecified atom stereocenters. The van der Waals surface area contributed by atoms with E-state index in [1.807, 2.05) is 13.0 Å². The number of hydrogen-bond acceptors (Lipinski definition) is 4. The van der Waals surface area contributed by atoms with Crippen LogP contribution in [0, 0.1) is 6.92 Å². The van der Waals surface area contributed by atoms with Crippen molar-refractivity contribution in [3.05, 3.63) is 29.3 Å². The molecule has 1 saturated heterocycles. The molecule has 6 nitrogen and oxygen atoms in total. The zero-order valence-corrected chi connectivity index (χ0v) is 17.5. The van der Waals surface area contributed by atoms with Gasteiger partial charge in [0.1, 0.15) is 11.9 Å². The third-order valence-corrected chi connectivity index (χ3v) is 3.80. The van der Waals surface area contributed by atoms with Crippen LogP contribution in [0.5, 0.6) is 5.75 Å². The second-order valence-electron chi connectivity index (χ2n) is 5.89. The molecular formula is C18H30IN3O3. The van der Waals surface area contributed by atoms with Gasteiger partial charge in [-0.2, -0.15) is 0 Å². The summed E-state index contributed by atoms with van der Waals surface area (Å²) < 4.78 is 16.7. The molecule has 0 radical (unpaired) electrons. The van der Waals surface area contributed by atoms with Crippen LogP contribution in [0.3, 0.4) is 0 Å². The van der Waals surface area contributed by atoms with E-state index in [4.69, 9.17) is 19.9 Å². The molecule has 0 bridgehead atoms. The van der Waals surface area contributed by atoms with E-state index in [9.17, 15) is 0 Å². The largest absolute Gasteiger partial charge is 0.488 e. The fraction of sp³-hybridized carbons (Fsp3) is 0.611. The number of rotatable bonds is 9. The normalized spacial score (nSPS) is 17.2. The predicted molar refractivity (Wildman–Crippen MR) is 111 cm³/mol. The Bertz CT molecular complexity index is 534. The maximum absolute atomic E-state index is 6.07. The third kappa shape index (κ3) is 8.24. The van der Waals surface area contributed by atoms with Crippen LogP contribution < -0.4 is 15.8 Å². The molecule has 0 amide bonds. The predicted octanol–water partition coefficient (Wildman–Crippen LogP) is 2.61. The second kappa shape index (κ2) is 12.3. The molecule has 3 N–H and O–H groups in total. The van der Waals surface area contributed by atoms with Crippen LogP contribution in [0.4, 0.5) is 0 Å². The van der Waals surface area contributed by atoms with Crippen LogP contribution in [0.25, 0.3) is 0 Å². The molecule has 0 saturated carbocycles. The van der Waals surface area contributed by atoms with Gasteiger partial charge in [0, 0.05) is 31.7 Å². The summed E-state index contributed by atoms with van der Waals surface area (Å²) in [5.41, 5.74) is 8.12. The molecule has 1 heterocycles. The first-order valence-corrected chi connectivity index (χ1v) is 8.64. The number of aliphatic imine (C=N–C) groups is 1. The van der Waals surface area contributed by atoms with Crippen molar-refractivity contribution in [3.8, 4) is 5.75 Å². The van der Waals surface area contributed by atoms with E-state index in [0.29, 0.717) is 19.1 Å². The summed E-state index contributed by atoms with van der Waals surface area (Å²) in [4.78, 5) is 4.41. The topological polar surface area (TPSA) is 78.1 Å². The van der Waals surface area contributed by atoms with Gasteiger partial charge in [-0.25, -0.2) is 4.99 Å². The molecule has 0 aromatic heterocycles. The molecule has 1 atom stereocenters. The summed E-state index contributed by atoms with van der Waals surface area (Å²) in [6.45, 7) is 8.19. The Morgan fingerprint density at radius 2 is 2.28 bits per heavy atom. The monoisotopic (exact) mass is 463 g/mol. The highest BCUT2D eigenvalue weighted by Crippen LogP contribution is 2.24. The van der Waals surface area contributed by atoms with E-state index < -0.39 is 0 Å². The number of guanidine groups is 1. The Kier molecular flexibility index (Phi) is 10.8. The first-order valence-electron chi connectivity index (χ1n) is 8.64. The fourth-order valence-electron chi connectivity index (χ4n) is 2.45. The molecule has 1 aromatic carbocycles. The smallest absolute Gasteiger partial charge is 0.188 e. The number of ether oxygens (including phenoxy) is 3. The van der Waals surface area contributed by atoms with Gasteiger partial charge in [0.05, 0.1) is 19.8 Å². The molecule has 1 aliphatic heterocycles. The molecular weight excluding hydrogens is 433 g/mol. The zero-order chi connectivity index (χ0) is 17.2. The van der Waals surface area contributed by atoms with Gasteiger partial charge in [-0.1, -0.05) is 12.1 Å². The van der Waals surface area contributed by atoms with Crippen LogP contribution in [0.15, 0.2) is 23.2 Å². The highest BCUT2D eigenvalue weighted by molar-refractivity contribution is 14.0. The van der Waals surface area contributed by atoms with Gasteiger partial charge in [-0.3, -0.25) is 0 Å². The number of hydrogen-bond donors (Lipinski definition) is 2. The van der Waals surface area contributed by atoms with Crippen LogP contribution in [-0.4, -0.2) is 45.0 Å². The zero-order valence-electron chi connectivity index (χ0n) is 15.1. The summed E-state index contributed by atoms with van der Waals surface area (Å²) in [7, 11) is 0. The minimum atomic E-state index is 0. The lowest BCUT2D eigenvalue weighted by atomic mass is 10.1. The van der Waals surface area contributed by atoms with Gasteiger partial charge in [0.15, 0.2) is 5.96 Å². The molecule has 1 aliphatic rings. The van der Waals surface area contributed by atoms with Crippen molar-refractivity contribution in [3.63, 3.8) is 0 Å². The lowest BCUT2D eigenvalue weighted by molar-refractivity contribution is 0.140. The van der Waals surface area contributed by atoms with Gasteiger partial charge in [0.25, 0.3) is 0 Å². The van der Waals surface area contributed by atoms with Gasteiger partial charge in [0.2, 0.25) is 0 Å². The van der Waals surface area contributed by atoms with Gasteiger partial charge in [-0.05, 0) is 31.9 Å². The highest BCUT2D eigenvalue weighted by atomic mass is 127. The van der Waals surface area contributed by atoms with E-state index in [1.54, 1.807) is 0 Å². The fourth-order valence-corrected chi connectivity index (χ4v) is 2.45. The summed E-state index contributed by atoms with van der Waals surface area (Å²) >= 11 is 0. The molecule has 0 spiro atoms. The minimum Gasteiger partial charge on any atom is -0.488 e. The van der Waals surface area contributed by atoms with Gasteiger partial charge >= 0.3 is 0 Å². The average molecular weight is 463 g/mol. The van der Waals surface area contributed by atoms with Crippen LogP contribution in [0.1, 0.15) is 30.9 Å². The Hall–Kier alpha value is -1.06. The second-order valence-corrected chi connectivity index (χ2v) is 5.89. The molecule has 0 aliphatic carbocycles. The summed E-state index contributed by atoms with van der Waals surface area (Å²) in [6, 6.07) is 6.16. The van der Waals surface area contributed by atoms with E-state index in [-0.39, 0.29) is 30.1 Å². The van der Waals surface area contributed by atoms with Crippen molar-refractivity contribution in [2.24, 2.45) is 10.7 Å². The van der Waals surface area contributed by atoms with Crippen LogP contribution in [0.2, 0.25) is 0 Å². The quantitative estimate of drug-likeness (QED) is 0.255. The first kappa shape index (κ1) is 22.0. The minimum absolute atomic E-state index is 0. The lowest BCUT2D eigenvalue weighted by Crippen LogP contribution is -2.32. The number of benzene rings is 1. The Morgan fingerprint density at radius 1 is 1.44 bits per heavy atom. The molecule has 7 heteroatoms. The molecule has 1 aromatic rings. The first-order chi connectivity index (χ1) is 11.7. The summed E-state index contributed by atoms with van der Waals surface area (Å²) in [5.74, 6) is 1.32. The number of halogens is 1. The molecule has 25 heavy (non-hydrogen) atoms. The van der Waals surface area contributed by atoms with E-state index in [0.717, 1.165) is 50.5 Å². The lowest BCUT2D eigenvalue weighted by Gasteiger charge is -2.16. The summed E-state index contributed by atoms with van der Waals surface area (Å²) in [6.07, 6.45) is 1.97. The third-order valence-electron chi connectivity index (χ3n) is 3.80. The van der Waals surface area contributed by atoms with Crippen molar-refractivity contribution in [2.75, 3.05) is 33.0 Å². The Balaban J connectivity index is 0.00000312. The van der Waals surface area contributed by atoms with Crippen molar-refractivity contribution in [1.29, 1.82) is 0 Å². The number of nitrogens with two attached hydrogens (primary N) is 1. The maximum Gasteiger partial charge on any atom is 0.188 e. The van der Waals surface area contributed by atoms with Crippen molar-refractivity contribution in [2.45, 2.75) is 39.3 Å². The van der Waals surface area contributed by atoms with Crippen molar-refractivity contribution < 1.29 is 14.2 Å². The number of nitrogens with one attached hydrogen (secondary N) is 1. The number of nitrogens with zero attached hydrogens (tertiary/aromatic N) is 1. The highest BCUT2D eigenvalue weighted by Gasteiger charge is 2.18. The summed E-state index contributed by atoms with van der Waals surface area (Å²) in [5, 5.41) is 3.10. The standard InChI is InChI=1S/C18H29N3O3.HI/c1-3-22-9-4-8-20-18(19)21-12-15-6-5-14(2)11-17(15)24-16-7-10-23-13-16;/h5-6,11,16H,3-4,7-10,12-13H2,1-2H3,(H3,19,20,21);1H. The van der Waals surface area contributed by atoms with E-state index in [1.165, 1.54) is 5.56 Å². The SMILES string of the molecule is CCOCCCNC(N)=NCc1ccc(C)cc1OC1CCOC1.I. The maximum atomic E-state index is 6.07.